The summed E-state index contributed by atoms with van der Waals surface area (Å²) >= 11 is 1.69. The number of aliphatic hydroxyl groups is 1. The maximum absolute atomic E-state index is 10.0. The molecule has 6 nitrogen and oxygen atoms in total. The van der Waals surface area contributed by atoms with Gasteiger partial charge in [0.25, 0.3) is 0 Å². The number of ketones is 1. The predicted octanol–water partition coefficient (Wildman–Crippen LogP) is 7.46. The summed E-state index contributed by atoms with van der Waals surface area (Å²) < 4.78 is 7.19. The Morgan fingerprint density at radius 3 is 2.54 bits per heavy atom. The first-order chi connectivity index (χ1) is 17.4. The van der Waals surface area contributed by atoms with Crippen molar-refractivity contribution in [1.82, 2.24) is 15.0 Å². The van der Waals surface area contributed by atoms with Crippen LogP contribution in [0.1, 0.15) is 19.5 Å². The Bertz CT molecular complexity index is 1750. The molecule has 0 aliphatic heterocycles. The zero-order valence-corrected chi connectivity index (χ0v) is 23.5. The second-order valence-electron chi connectivity index (χ2n) is 8.31. The first-order valence-electron chi connectivity index (χ1n) is 11.3. The molecule has 1 N–H and O–H groups in total. The number of fused-ring (bicyclic) bond motifs is 4. The topological polar surface area (TPSA) is 89.1 Å². The van der Waals surface area contributed by atoms with E-state index >= 15 is 0 Å². The summed E-state index contributed by atoms with van der Waals surface area (Å²) in [4.78, 5) is 24.8. The van der Waals surface area contributed by atoms with Crippen LogP contribution in [-0.4, -0.2) is 25.8 Å². The van der Waals surface area contributed by atoms with E-state index in [9.17, 15) is 4.79 Å². The maximum atomic E-state index is 10.0. The molecule has 6 aromatic rings. The number of aryl methyl sites for hydroxylation is 1. The Morgan fingerprint density at radius 1 is 1.05 bits per heavy atom. The molecule has 0 aliphatic carbocycles. The molecule has 0 amide bonds. The van der Waals surface area contributed by atoms with Gasteiger partial charge in [-0.05, 0) is 44.5 Å². The Hall–Kier alpha value is -3.71. The fourth-order valence-electron chi connectivity index (χ4n) is 3.96. The molecule has 1 radical (unpaired) electrons. The molecule has 187 valence electrons. The Kier molecular flexibility index (Phi) is 7.93. The van der Waals surface area contributed by atoms with Crippen LogP contribution in [0.5, 0.6) is 0 Å². The second-order valence-corrected chi connectivity index (χ2v) is 9.36. The second kappa shape index (κ2) is 11.1. The first-order valence-corrected chi connectivity index (χ1v) is 12.1. The summed E-state index contributed by atoms with van der Waals surface area (Å²) in [6.45, 7) is 4.81. The predicted molar refractivity (Wildman–Crippen MR) is 144 cm³/mol. The quantitative estimate of drug-likeness (QED) is 0.118. The van der Waals surface area contributed by atoms with Crippen LogP contribution in [0.25, 0.3) is 54.0 Å². The van der Waals surface area contributed by atoms with Gasteiger partial charge in [0.15, 0.2) is 5.78 Å². The number of allylic oxidation sites excluding steroid dienone is 2. The van der Waals surface area contributed by atoms with E-state index in [0.29, 0.717) is 5.71 Å². The van der Waals surface area contributed by atoms with Gasteiger partial charge in [0, 0.05) is 52.5 Å². The number of carbonyl (C=O) groups excluding carboxylic acids is 1. The minimum absolute atomic E-state index is 0. The number of hydrogen-bond acceptors (Lipinski definition) is 7. The van der Waals surface area contributed by atoms with Crippen molar-refractivity contribution in [3.8, 4) is 21.7 Å². The zero-order valence-electron chi connectivity index (χ0n) is 20.3. The van der Waals surface area contributed by atoms with E-state index in [4.69, 9.17) is 9.52 Å². The van der Waals surface area contributed by atoms with Gasteiger partial charge in [-0.15, -0.1) is 29.5 Å². The van der Waals surface area contributed by atoms with Crippen molar-refractivity contribution in [2.75, 3.05) is 0 Å². The third-order valence-electron chi connectivity index (χ3n) is 5.46. The van der Waals surface area contributed by atoms with Gasteiger partial charge < -0.3 is 9.52 Å². The van der Waals surface area contributed by atoms with Crippen molar-refractivity contribution in [3.63, 3.8) is 0 Å². The maximum Gasteiger partial charge on any atom is 0.216 e. The summed E-state index contributed by atoms with van der Waals surface area (Å²) in [7, 11) is 0. The van der Waals surface area contributed by atoms with E-state index in [1.165, 1.54) is 25.5 Å². The van der Waals surface area contributed by atoms with Crippen molar-refractivity contribution in [3.05, 3.63) is 90.6 Å². The normalized spacial score (nSPS) is 11.3. The largest absolute Gasteiger partial charge is 0.512 e. The van der Waals surface area contributed by atoms with E-state index in [0.717, 1.165) is 48.4 Å². The third kappa shape index (κ3) is 5.52. The molecule has 6 rings (SSSR count). The summed E-state index contributed by atoms with van der Waals surface area (Å²) in [6, 6.07) is 23.8. The van der Waals surface area contributed by atoms with E-state index < -0.39 is 0 Å². The number of aliphatic hydroxyl groups excluding tert-OH is 1. The van der Waals surface area contributed by atoms with Crippen molar-refractivity contribution < 1.29 is 34.4 Å². The SMILES string of the molecule is CC(=O)/C=C(/C)O.Cc1ccc2c(n1)oc1c(-c3ncnc4cc(-c5ccccc5)sc34)[c-]ccc12.[Ir]. The number of hydrogen-bond donors (Lipinski definition) is 1. The monoisotopic (exact) mass is 685 g/mol. The summed E-state index contributed by atoms with van der Waals surface area (Å²) in [5.41, 5.74) is 6.10. The van der Waals surface area contributed by atoms with Crippen LogP contribution in [0, 0.1) is 13.0 Å². The first kappa shape index (κ1) is 26.4. The minimum atomic E-state index is -0.125. The van der Waals surface area contributed by atoms with E-state index in [-0.39, 0.29) is 31.6 Å². The number of benzene rings is 2. The molecule has 37 heavy (non-hydrogen) atoms. The van der Waals surface area contributed by atoms with Gasteiger partial charge >= 0.3 is 0 Å². The van der Waals surface area contributed by atoms with Gasteiger partial charge in [-0.1, -0.05) is 41.3 Å². The number of nitrogens with zero attached hydrogens (tertiary/aromatic N) is 3. The fraction of sp³-hybridized carbons (Fsp3) is 0.103. The number of pyridine rings is 1. The average Bonchev–Trinajstić information content (AvgIpc) is 3.45. The zero-order chi connectivity index (χ0) is 25.2. The number of carbonyl (C=O) groups is 1. The van der Waals surface area contributed by atoms with Crippen LogP contribution in [0.3, 0.4) is 0 Å². The molecule has 0 aliphatic rings. The molecule has 0 fully saturated rings. The van der Waals surface area contributed by atoms with Crippen LogP contribution < -0.4 is 0 Å². The summed E-state index contributed by atoms with van der Waals surface area (Å²) in [5.74, 6) is -0.0625. The molecular formula is C29H22IrN3O3S-. The number of rotatable bonds is 3. The van der Waals surface area contributed by atoms with Crippen molar-refractivity contribution >= 4 is 49.4 Å². The molecule has 0 atom stereocenters. The molecule has 2 aromatic carbocycles. The third-order valence-corrected chi connectivity index (χ3v) is 6.64. The molecule has 0 spiro atoms. The molecule has 8 heteroatoms. The van der Waals surface area contributed by atoms with Gasteiger partial charge in [0.05, 0.1) is 16.9 Å². The van der Waals surface area contributed by atoms with Gasteiger partial charge in [-0.3, -0.25) is 9.78 Å². The van der Waals surface area contributed by atoms with Crippen LogP contribution in [0.4, 0.5) is 0 Å². The Morgan fingerprint density at radius 2 is 1.84 bits per heavy atom. The average molecular weight is 685 g/mol. The van der Waals surface area contributed by atoms with Gasteiger partial charge in [-0.25, -0.2) is 9.97 Å². The molecule has 0 unspecified atom stereocenters. The molecular weight excluding hydrogens is 663 g/mol. The number of furan rings is 1. The van der Waals surface area contributed by atoms with Crippen LogP contribution in [-0.2, 0) is 24.9 Å². The van der Waals surface area contributed by atoms with Crippen molar-refractivity contribution in [2.24, 2.45) is 0 Å². The van der Waals surface area contributed by atoms with Gasteiger partial charge in [-0.2, -0.15) is 0 Å². The number of aromatic nitrogens is 3. The van der Waals surface area contributed by atoms with Gasteiger partial charge in [0.2, 0.25) is 5.71 Å². The smallest absolute Gasteiger partial charge is 0.216 e. The van der Waals surface area contributed by atoms with Gasteiger partial charge in [0.1, 0.15) is 6.33 Å². The fourth-order valence-corrected chi connectivity index (χ4v) is 5.07. The number of thiophene rings is 1. The van der Waals surface area contributed by atoms with E-state index in [2.05, 4.69) is 45.3 Å². The molecule has 0 saturated heterocycles. The minimum Gasteiger partial charge on any atom is -0.512 e. The van der Waals surface area contributed by atoms with E-state index in [1.807, 2.05) is 43.3 Å². The van der Waals surface area contributed by atoms with Crippen molar-refractivity contribution in [1.29, 1.82) is 0 Å². The molecule has 4 aromatic heterocycles. The summed E-state index contributed by atoms with van der Waals surface area (Å²) in [6.07, 6.45) is 2.77. The molecule has 0 saturated carbocycles. The van der Waals surface area contributed by atoms with Crippen LogP contribution in [0.15, 0.2) is 83.2 Å². The van der Waals surface area contributed by atoms with Crippen molar-refractivity contribution in [2.45, 2.75) is 20.8 Å². The standard InChI is InChI=1S/C24H14N3OS.C5H8O2.Ir/c1-14-10-11-17-16-8-5-9-18(22(16)28-24(17)27-14)21-23-19(25-13-26-21)12-20(29-23)15-6-3-2-4-7-15;1-4(6)3-5(2)7;/h2-8,10-13H,1H3;3,6H,1-2H3;/q-1;;/b;4-3-;. The van der Waals surface area contributed by atoms with E-state index in [1.54, 1.807) is 17.7 Å². The van der Waals surface area contributed by atoms with Crippen LogP contribution in [0.2, 0.25) is 0 Å². The molecule has 4 heterocycles. The summed E-state index contributed by atoms with van der Waals surface area (Å²) in [5, 5.41) is 10.4. The Labute approximate surface area is 231 Å². The Balaban J connectivity index is 0.000000356. The molecule has 0 bridgehead atoms. The van der Waals surface area contributed by atoms with Crippen LogP contribution >= 0.6 is 11.3 Å².